The van der Waals surface area contributed by atoms with Crippen molar-refractivity contribution in [1.82, 2.24) is 9.88 Å². The molecule has 4 rings (SSSR count). The van der Waals surface area contributed by atoms with Crippen molar-refractivity contribution in [2.75, 3.05) is 31.2 Å². The molecule has 0 radical (unpaired) electrons. The quantitative estimate of drug-likeness (QED) is 0.774. The fraction of sp³-hybridized carbons (Fsp3) is 0.350. The van der Waals surface area contributed by atoms with E-state index in [1.807, 2.05) is 34.9 Å². The number of carbonyl (C=O) groups excluding carboxylic acids is 2. The first-order valence-electron chi connectivity index (χ1n) is 9.12. The number of anilines is 2. The molecule has 0 atom stereocenters. The second-order valence-electron chi connectivity index (χ2n) is 6.43. The van der Waals surface area contributed by atoms with E-state index >= 15 is 0 Å². The molecule has 0 saturated carbocycles. The number of carbonyl (C=O) groups is 2. The highest BCUT2D eigenvalue weighted by Crippen LogP contribution is 2.37. The maximum Gasteiger partial charge on any atom is 0.339 e. The van der Waals surface area contributed by atoms with Crippen molar-refractivity contribution in [1.29, 1.82) is 0 Å². The summed E-state index contributed by atoms with van der Waals surface area (Å²) in [5.41, 5.74) is 3.12. The number of pyridine rings is 1. The van der Waals surface area contributed by atoms with Gasteiger partial charge in [0.2, 0.25) is 0 Å². The Labute approximate surface area is 157 Å². The van der Waals surface area contributed by atoms with E-state index in [4.69, 9.17) is 9.47 Å². The van der Waals surface area contributed by atoms with Gasteiger partial charge in [-0.15, -0.1) is 0 Å². The van der Waals surface area contributed by atoms with Crippen LogP contribution in [-0.4, -0.2) is 48.1 Å². The molecule has 1 aromatic carbocycles. The number of esters is 1. The highest BCUT2D eigenvalue weighted by Gasteiger charge is 2.28. The first kappa shape index (κ1) is 17.3. The predicted octanol–water partition coefficient (Wildman–Crippen LogP) is 2.76. The third kappa shape index (κ3) is 2.99. The van der Waals surface area contributed by atoms with Gasteiger partial charge in [-0.3, -0.25) is 4.79 Å². The Hall–Kier alpha value is -3.09. The van der Waals surface area contributed by atoms with Gasteiger partial charge in [-0.05, 0) is 37.6 Å². The normalized spacial score (nSPS) is 15.3. The number of hydrogen-bond acceptors (Lipinski definition) is 6. The Balaban J connectivity index is 1.66. The molecule has 7 nitrogen and oxygen atoms in total. The van der Waals surface area contributed by atoms with Crippen molar-refractivity contribution in [3.8, 4) is 5.75 Å². The lowest BCUT2D eigenvalue weighted by molar-refractivity contribution is 0.0525. The molecule has 0 aliphatic carbocycles. The third-order valence-corrected chi connectivity index (χ3v) is 4.83. The molecule has 2 aliphatic heterocycles. The zero-order valence-corrected chi connectivity index (χ0v) is 15.4. The van der Waals surface area contributed by atoms with Crippen molar-refractivity contribution in [2.45, 2.75) is 20.4 Å². The van der Waals surface area contributed by atoms with Crippen LogP contribution in [0.15, 0.2) is 30.5 Å². The number of rotatable bonds is 4. The smallest absolute Gasteiger partial charge is 0.339 e. The van der Waals surface area contributed by atoms with Crippen LogP contribution < -0.4 is 9.64 Å². The fourth-order valence-electron chi connectivity index (χ4n) is 3.47. The van der Waals surface area contributed by atoms with Crippen molar-refractivity contribution >= 4 is 23.4 Å². The molecule has 0 spiro atoms. The van der Waals surface area contributed by atoms with Crippen LogP contribution in [0.3, 0.4) is 0 Å². The first-order valence-corrected chi connectivity index (χ1v) is 9.12. The maximum atomic E-state index is 12.3. The molecule has 2 aromatic rings. The molecular formula is C20H21N3O4. The predicted molar refractivity (Wildman–Crippen MR) is 99.6 cm³/mol. The summed E-state index contributed by atoms with van der Waals surface area (Å²) in [5, 5.41) is 0. The largest absolute Gasteiger partial charge is 0.488 e. The minimum Gasteiger partial charge on any atom is -0.488 e. The van der Waals surface area contributed by atoms with E-state index in [9.17, 15) is 9.59 Å². The Morgan fingerprint density at radius 3 is 2.93 bits per heavy atom. The average Bonchev–Trinajstić information content (AvgIpc) is 3.02. The Morgan fingerprint density at radius 2 is 2.15 bits per heavy atom. The molecule has 2 aliphatic rings. The molecule has 1 aromatic heterocycles. The van der Waals surface area contributed by atoms with Gasteiger partial charge in [-0.2, -0.15) is 0 Å². The van der Waals surface area contributed by atoms with Crippen molar-refractivity contribution in [3.63, 3.8) is 0 Å². The standard InChI is InChI=1S/C20H21N3O4/c1-3-22-12-14-9-15(5-6-16(14)19(22)24)23-7-8-27-17-10-13(11-21-18(17)23)20(25)26-4-2/h5-6,9-11H,3-4,7-8,12H2,1-2H3. The second-order valence-corrected chi connectivity index (χ2v) is 6.43. The number of benzene rings is 1. The molecule has 0 unspecified atom stereocenters. The van der Waals surface area contributed by atoms with Gasteiger partial charge < -0.3 is 19.3 Å². The van der Waals surface area contributed by atoms with Crippen LogP contribution in [0.4, 0.5) is 11.5 Å². The summed E-state index contributed by atoms with van der Waals surface area (Å²) in [6.45, 7) is 6.51. The van der Waals surface area contributed by atoms with Gasteiger partial charge in [0.25, 0.3) is 5.91 Å². The summed E-state index contributed by atoms with van der Waals surface area (Å²) in [4.78, 5) is 32.6. The van der Waals surface area contributed by atoms with Gasteiger partial charge in [0, 0.05) is 36.6 Å². The van der Waals surface area contributed by atoms with Gasteiger partial charge in [0.1, 0.15) is 6.61 Å². The summed E-state index contributed by atoms with van der Waals surface area (Å²) in [7, 11) is 0. The Morgan fingerprint density at radius 1 is 1.30 bits per heavy atom. The zero-order valence-electron chi connectivity index (χ0n) is 15.4. The monoisotopic (exact) mass is 367 g/mol. The van der Waals surface area contributed by atoms with Gasteiger partial charge in [0.05, 0.1) is 18.7 Å². The topological polar surface area (TPSA) is 72.0 Å². The van der Waals surface area contributed by atoms with Crippen molar-refractivity contribution < 1.29 is 19.1 Å². The van der Waals surface area contributed by atoms with Crippen LogP contribution in [0.2, 0.25) is 0 Å². The van der Waals surface area contributed by atoms with Crippen LogP contribution in [0.25, 0.3) is 0 Å². The number of nitrogens with zero attached hydrogens (tertiary/aromatic N) is 3. The summed E-state index contributed by atoms with van der Waals surface area (Å²) >= 11 is 0. The van der Waals surface area contributed by atoms with Crippen LogP contribution >= 0.6 is 0 Å². The fourth-order valence-corrected chi connectivity index (χ4v) is 3.47. The van der Waals surface area contributed by atoms with Crippen LogP contribution in [0.1, 0.15) is 40.1 Å². The highest BCUT2D eigenvalue weighted by atomic mass is 16.5. The molecule has 0 saturated heterocycles. The SMILES string of the molecule is CCOC(=O)c1cnc2c(c1)OCCN2c1ccc2c(c1)CN(CC)C2=O. The van der Waals surface area contributed by atoms with Gasteiger partial charge in [0.15, 0.2) is 11.6 Å². The lowest BCUT2D eigenvalue weighted by atomic mass is 10.1. The van der Waals surface area contributed by atoms with E-state index in [2.05, 4.69) is 4.98 Å². The Bertz CT molecular complexity index is 912. The average molecular weight is 367 g/mol. The van der Waals surface area contributed by atoms with E-state index < -0.39 is 5.97 Å². The minimum atomic E-state index is -0.413. The van der Waals surface area contributed by atoms with E-state index in [-0.39, 0.29) is 5.91 Å². The lowest BCUT2D eigenvalue weighted by Gasteiger charge is -2.30. The number of amides is 1. The molecule has 7 heteroatoms. The number of fused-ring (bicyclic) bond motifs is 2. The van der Waals surface area contributed by atoms with Crippen LogP contribution in [0, 0.1) is 0 Å². The van der Waals surface area contributed by atoms with Crippen LogP contribution in [-0.2, 0) is 11.3 Å². The first-order chi connectivity index (χ1) is 13.1. The summed E-state index contributed by atoms with van der Waals surface area (Å²) in [5.74, 6) is 0.882. The number of hydrogen-bond donors (Lipinski definition) is 0. The number of ether oxygens (including phenoxy) is 2. The molecule has 0 fully saturated rings. The van der Waals surface area contributed by atoms with Crippen molar-refractivity contribution in [2.24, 2.45) is 0 Å². The Kier molecular flexibility index (Phi) is 4.43. The molecule has 1 amide bonds. The number of aromatic nitrogens is 1. The molecule has 27 heavy (non-hydrogen) atoms. The van der Waals surface area contributed by atoms with E-state index in [0.717, 1.165) is 16.8 Å². The van der Waals surface area contributed by atoms with Gasteiger partial charge in [-0.1, -0.05) is 0 Å². The van der Waals surface area contributed by atoms with E-state index in [1.54, 1.807) is 13.0 Å². The minimum absolute atomic E-state index is 0.0821. The second kappa shape index (κ2) is 6.90. The molecule has 3 heterocycles. The van der Waals surface area contributed by atoms with Crippen molar-refractivity contribution in [3.05, 3.63) is 47.2 Å². The molecular weight excluding hydrogens is 346 g/mol. The molecule has 0 bridgehead atoms. The summed E-state index contributed by atoms with van der Waals surface area (Å²) in [6.07, 6.45) is 1.51. The molecule has 140 valence electrons. The third-order valence-electron chi connectivity index (χ3n) is 4.83. The van der Waals surface area contributed by atoms with Crippen LogP contribution in [0.5, 0.6) is 5.75 Å². The van der Waals surface area contributed by atoms with Gasteiger partial charge in [-0.25, -0.2) is 9.78 Å². The van der Waals surface area contributed by atoms with Gasteiger partial charge >= 0.3 is 5.97 Å². The van der Waals surface area contributed by atoms with E-state index in [1.165, 1.54) is 6.20 Å². The lowest BCUT2D eigenvalue weighted by Crippen LogP contribution is -2.29. The maximum absolute atomic E-state index is 12.3. The summed E-state index contributed by atoms with van der Waals surface area (Å²) in [6, 6.07) is 7.53. The van der Waals surface area contributed by atoms with E-state index in [0.29, 0.717) is 50.0 Å². The summed E-state index contributed by atoms with van der Waals surface area (Å²) < 4.78 is 10.7. The highest BCUT2D eigenvalue weighted by molar-refractivity contribution is 5.99. The molecule has 0 N–H and O–H groups in total. The zero-order chi connectivity index (χ0) is 19.0.